The number of halogens is 4. The molecule has 8 rings (SSSR count). The summed E-state index contributed by atoms with van der Waals surface area (Å²) >= 11 is 12.9. The molecule has 0 aliphatic rings. The van der Waals surface area contributed by atoms with Crippen molar-refractivity contribution in [2.75, 3.05) is 15.5 Å². The Balaban J connectivity index is 0.000000898. The van der Waals surface area contributed by atoms with Gasteiger partial charge in [-0.15, -0.1) is 23.2 Å². The molecule has 2 aromatic heterocycles. The summed E-state index contributed by atoms with van der Waals surface area (Å²) in [6.07, 6.45) is 0. The van der Waals surface area contributed by atoms with Gasteiger partial charge in [-0.2, -0.15) is 0 Å². The molecule has 0 radical (unpaired) electrons. The summed E-state index contributed by atoms with van der Waals surface area (Å²) in [5, 5.41) is 14.7. The van der Waals surface area contributed by atoms with Gasteiger partial charge < -0.3 is 49.8 Å². The molecule has 14 heteroatoms. The first-order valence-corrected chi connectivity index (χ1v) is 20.8. The van der Waals surface area contributed by atoms with Crippen molar-refractivity contribution in [2.24, 2.45) is 0 Å². The zero-order chi connectivity index (χ0) is 33.7. The van der Waals surface area contributed by atoms with Crippen molar-refractivity contribution in [2.45, 2.75) is 0 Å². The molecule has 0 atom stereocenters. The second-order valence-electron chi connectivity index (χ2n) is 10.3. The fourth-order valence-electron chi connectivity index (χ4n) is 4.90. The zero-order valence-corrected chi connectivity index (χ0v) is 39.2. The van der Waals surface area contributed by atoms with E-state index in [0.717, 1.165) is 21.3 Å². The fourth-order valence-corrected chi connectivity index (χ4v) is 10.7. The van der Waals surface area contributed by atoms with E-state index < -0.39 is 16.1 Å². The largest absolute Gasteiger partial charge is 2.00 e. The van der Waals surface area contributed by atoms with E-state index in [1.54, 1.807) is 22.7 Å². The molecule has 2 heterocycles. The summed E-state index contributed by atoms with van der Waals surface area (Å²) in [5.74, 6) is 0. The van der Waals surface area contributed by atoms with Crippen molar-refractivity contribution >= 4 is 114 Å². The van der Waals surface area contributed by atoms with E-state index in [1.165, 1.54) is 30.6 Å². The van der Waals surface area contributed by atoms with Gasteiger partial charge in [-0.25, -0.2) is 9.97 Å². The van der Waals surface area contributed by atoms with Crippen LogP contribution in [0.3, 0.4) is 0 Å². The second kappa shape index (κ2) is 28.4. The monoisotopic (exact) mass is 1060 g/mol. The minimum Gasteiger partial charge on any atom is -1.00 e. The molecule has 8 aromatic rings. The Bertz CT molecular complexity index is 1870. The number of para-hydroxylation sites is 2. The van der Waals surface area contributed by atoms with Crippen LogP contribution in [0.15, 0.2) is 170 Å². The Morgan fingerprint density at radius 2 is 0.655 bits per heavy atom. The maximum absolute atomic E-state index is 4.76. The maximum atomic E-state index is 4.76. The smallest absolute Gasteiger partial charge is 1.00 e. The van der Waals surface area contributed by atoms with Crippen molar-refractivity contribution in [3.8, 4) is 0 Å². The van der Waals surface area contributed by atoms with Crippen LogP contribution in [0.5, 0.6) is 0 Å². The predicted octanol–water partition coefficient (Wildman–Crippen LogP) is 5.84. The van der Waals surface area contributed by atoms with Crippen molar-refractivity contribution in [1.82, 2.24) is 9.97 Å². The number of anilines is 2. The molecule has 0 saturated carbocycles. The van der Waals surface area contributed by atoms with Crippen LogP contribution >= 0.6 is 62.0 Å². The Hall–Kier alpha value is -1.96. The van der Waals surface area contributed by atoms with Gasteiger partial charge in [0.05, 0.1) is 41.9 Å². The average molecular weight is 1070 g/mol. The van der Waals surface area contributed by atoms with Crippen molar-refractivity contribution in [3.63, 3.8) is 0 Å². The van der Waals surface area contributed by atoms with Crippen LogP contribution in [-0.2, 0) is 40.8 Å². The van der Waals surface area contributed by atoms with Crippen molar-refractivity contribution < 1.29 is 65.7 Å². The first-order chi connectivity index (χ1) is 24.2. The van der Waals surface area contributed by atoms with Crippen LogP contribution in [0.25, 0.3) is 20.4 Å². The molecule has 0 unspecified atom stereocenters. The molecule has 4 nitrogen and oxygen atoms in total. The molecular formula is C41H38Cl4N4P2Pd2S2. The Morgan fingerprint density at radius 3 is 0.909 bits per heavy atom. The summed E-state index contributed by atoms with van der Waals surface area (Å²) in [4.78, 5) is 9.45. The Labute approximate surface area is 386 Å². The van der Waals surface area contributed by atoms with Gasteiger partial charge in [0.15, 0.2) is 10.3 Å². The van der Waals surface area contributed by atoms with Crippen LogP contribution in [0, 0.1) is 14.9 Å². The number of alkyl halides is 2. The summed E-state index contributed by atoms with van der Waals surface area (Å²) in [6.45, 7) is 0. The van der Waals surface area contributed by atoms with Crippen molar-refractivity contribution in [1.29, 1.82) is 0 Å². The second-order valence-corrected chi connectivity index (χ2v) is 17.0. The number of aromatic nitrogens is 2. The van der Waals surface area contributed by atoms with Gasteiger partial charge in [0.1, 0.15) is 0 Å². The van der Waals surface area contributed by atoms with E-state index in [1.807, 2.05) is 12.1 Å². The van der Waals surface area contributed by atoms with Gasteiger partial charge in [0, 0.05) is 21.2 Å². The number of rotatable bonds is 8. The van der Waals surface area contributed by atoms with Crippen molar-refractivity contribution in [3.05, 3.63) is 185 Å². The molecule has 0 bridgehead atoms. The van der Waals surface area contributed by atoms with Crippen LogP contribution in [-0.4, -0.2) is 15.3 Å². The molecule has 0 fully saturated rings. The predicted molar refractivity (Wildman–Crippen MR) is 234 cm³/mol. The number of nitrogens with one attached hydrogen (secondary N) is 2. The maximum Gasteiger partial charge on any atom is 2.00 e. The molecule has 0 saturated heterocycles. The van der Waals surface area contributed by atoms with Crippen LogP contribution in [0.4, 0.5) is 10.3 Å². The topological polar surface area (TPSA) is 49.8 Å². The number of thiazole rings is 2. The fraction of sp³-hybridized carbons (Fsp3) is 0.0244. The van der Waals surface area contributed by atoms with E-state index in [4.69, 9.17) is 33.2 Å². The van der Waals surface area contributed by atoms with Crippen LogP contribution < -0.4 is 56.2 Å². The van der Waals surface area contributed by atoms with Crippen LogP contribution in [0.2, 0.25) is 0 Å². The standard InChI is InChI=1S/2C19H15N2PS.CH2Cl2.2CH3.2ClH.2Pd/c2*1-3-9-15(10-4-1)22(16-11-5-2-6-12-16)21-19-20-17-13-7-8-14-18(17)23-19;2-1-3;;;;;;/h2*1-14H,(H,20,21);1H2;2*1H3;2*1H;;/q;;;2*-1;;;2*+2/p-2. The minimum absolute atomic E-state index is 0. The SMILES string of the molecule is ClCCl.[CH3-].[CH3-].[Cl-].[Cl-].[Pd+2].[Pd+2].c1ccc(P(Nc2nc3ccccc3s2)c2ccccc2)cc1.c1ccc(P(Nc2nc3ccccc3s2)c2ccccc2)cc1. The summed E-state index contributed by atoms with van der Waals surface area (Å²) < 4.78 is 2.43. The summed E-state index contributed by atoms with van der Waals surface area (Å²) in [5.41, 5.74) is 2.10. The molecule has 6 aromatic carbocycles. The van der Waals surface area contributed by atoms with E-state index in [-0.39, 0.29) is 85.9 Å². The zero-order valence-electron chi connectivity index (χ0n) is 29.6. The van der Waals surface area contributed by atoms with E-state index >= 15 is 0 Å². The number of hydrogen-bond acceptors (Lipinski definition) is 6. The first kappa shape index (κ1) is 53.0. The number of hydrogen-bond donors (Lipinski definition) is 2. The van der Waals surface area contributed by atoms with Gasteiger partial charge in [-0.1, -0.05) is 168 Å². The molecule has 0 spiro atoms. The quantitative estimate of drug-likeness (QED) is 0.0871. The third-order valence-corrected chi connectivity index (χ3v) is 13.4. The molecule has 292 valence electrons. The molecule has 2 N–H and O–H groups in total. The number of benzene rings is 6. The first-order valence-electron chi connectivity index (χ1n) is 15.4. The van der Waals surface area contributed by atoms with Gasteiger partial charge in [0.25, 0.3) is 0 Å². The minimum atomic E-state index is -0.666. The van der Waals surface area contributed by atoms with Gasteiger partial charge in [-0.3, -0.25) is 0 Å². The van der Waals surface area contributed by atoms with E-state index in [2.05, 4.69) is 168 Å². The van der Waals surface area contributed by atoms with Crippen LogP contribution in [0.1, 0.15) is 0 Å². The Morgan fingerprint density at radius 1 is 0.418 bits per heavy atom. The van der Waals surface area contributed by atoms with Gasteiger partial charge >= 0.3 is 40.8 Å². The molecule has 0 aliphatic carbocycles. The summed E-state index contributed by atoms with van der Waals surface area (Å²) in [7, 11) is -1.33. The number of nitrogens with zero attached hydrogens (tertiary/aromatic N) is 2. The molecule has 0 amide bonds. The normalized spacial score (nSPS) is 9.53. The molecular weight excluding hydrogens is 1030 g/mol. The average Bonchev–Trinajstić information content (AvgIpc) is 3.78. The molecule has 0 aliphatic heterocycles. The van der Waals surface area contributed by atoms with Gasteiger partial charge in [-0.05, 0) is 24.3 Å². The Kier molecular flexibility index (Phi) is 27.4. The summed E-state index contributed by atoms with van der Waals surface area (Å²) in [6, 6.07) is 58.9. The van der Waals surface area contributed by atoms with E-state index in [0.29, 0.717) is 0 Å². The third-order valence-electron chi connectivity index (χ3n) is 7.06. The van der Waals surface area contributed by atoms with Gasteiger partial charge in [0.2, 0.25) is 0 Å². The number of fused-ring (bicyclic) bond motifs is 2. The third kappa shape index (κ3) is 15.4. The van der Waals surface area contributed by atoms with E-state index in [9.17, 15) is 0 Å². The molecule has 55 heavy (non-hydrogen) atoms.